The van der Waals surface area contributed by atoms with Gasteiger partial charge >= 0.3 is 0 Å². The number of para-hydroxylation sites is 3. The Labute approximate surface area is 214 Å². The Kier molecular flexibility index (Phi) is 10.8. The lowest BCUT2D eigenvalue weighted by Crippen LogP contribution is -2.37. The van der Waals surface area contributed by atoms with Gasteiger partial charge < -0.3 is 24.1 Å². The minimum atomic E-state index is -0.628. The summed E-state index contributed by atoms with van der Waals surface area (Å²) >= 11 is 0. The number of aliphatic hydroxyl groups is 1. The summed E-state index contributed by atoms with van der Waals surface area (Å²) in [6.07, 6.45) is 0.162. The number of rotatable bonds is 15. The van der Waals surface area contributed by atoms with Crippen molar-refractivity contribution < 1.29 is 24.1 Å². The molecule has 1 heterocycles. The molecule has 1 N–H and O–H groups in total. The number of aromatic nitrogens is 2. The highest BCUT2D eigenvalue weighted by Gasteiger charge is 2.24. The molecular weight excluding hydrogens is 458 g/mol. The summed E-state index contributed by atoms with van der Waals surface area (Å²) in [4.78, 5) is 2.15. The lowest BCUT2D eigenvalue weighted by atomic mass is 10.1. The molecule has 0 saturated carbocycles. The normalized spacial score (nSPS) is 12.3. The zero-order valence-electron chi connectivity index (χ0n) is 22.0. The first-order valence-electron chi connectivity index (χ1n) is 12.4. The second-order valence-corrected chi connectivity index (χ2v) is 8.85. The van der Waals surface area contributed by atoms with Crippen LogP contribution in [0.2, 0.25) is 0 Å². The van der Waals surface area contributed by atoms with Gasteiger partial charge in [0, 0.05) is 26.7 Å². The predicted molar refractivity (Wildman–Crippen MR) is 140 cm³/mol. The lowest BCUT2D eigenvalue weighted by molar-refractivity contribution is -0.0122. The molecule has 0 unspecified atom stereocenters. The molecule has 0 saturated heterocycles. The van der Waals surface area contributed by atoms with Gasteiger partial charge in [0.15, 0.2) is 11.5 Å². The summed E-state index contributed by atoms with van der Waals surface area (Å²) in [5, 5.41) is 15.6. The number of aliphatic hydroxyl groups excluding tert-OH is 1. The van der Waals surface area contributed by atoms with Crippen LogP contribution in [-0.2, 0) is 22.4 Å². The first-order chi connectivity index (χ1) is 17.5. The summed E-state index contributed by atoms with van der Waals surface area (Å²) in [6.45, 7) is 8.42. The van der Waals surface area contributed by atoms with Crippen LogP contribution in [0.3, 0.4) is 0 Å². The third-order valence-electron chi connectivity index (χ3n) is 5.72. The molecule has 8 heteroatoms. The number of hydrogen-bond acceptors (Lipinski definition) is 7. The molecule has 0 aliphatic rings. The van der Waals surface area contributed by atoms with E-state index in [1.807, 2.05) is 73.1 Å². The minimum absolute atomic E-state index is 0.0590. The summed E-state index contributed by atoms with van der Waals surface area (Å²) in [5.74, 6) is 1.87. The minimum Gasteiger partial charge on any atom is -0.493 e. The van der Waals surface area contributed by atoms with E-state index in [2.05, 4.69) is 11.8 Å². The molecule has 3 rings (SSSR count). The average Bonchev–Trinajstić information content (AvgIpc) is 3.23. The summed E-state index contributed by atoms with van der Waals surface area (Å²) in [5.41, 5.74) is 2.79. The topological polar surface area (TPSA) is 78.2 Å². The van der Waals surface area contributed by atoms with Crippen LogP contribution in [0.25, 0.3) is 5.69 Å². The number of nitrogens with zero attached hydrogens (tertiary/aromatic N) is 3. The third-order valence-corrected chi connectivity index (χ3v) is 5.72. The first kappa shape index (κ1) is 27.7. The highest BCUT2D eigenvalue weighted by atomic mass is 16.5. The van der Waals surface area contributed by atoms with Gasteiger partial charge in [-0.05, 0) is 44.5 Å². The van der Waals surface area contributed by atoms with E-state index in [1.54, 1.807) is 14.2 Å². The van der Waals surface area contributed by atoms with Crippen molar-refractivity contribution in [2.24, 2.45) is 0 Å². The largest absolute Gasteiger partial charge is 0.493 e. The zero-order valence-corrected chi connectivity index (χ0v) is 22.0. The first-order valence-corrected chi connectivity index (χ1v) is 12.4. The summed E-state index contributed by atoms with van der Waals surface area (Å²) in [6, 6.07) is 17.5. The van der Waals surface area contributed by atoms with Crippen molar-refractivity contribution in [1.29, 1.82) is 0 Å². The quantitative estimate of drug-likeness (QED) is 0.332. The van der Waals surface area contributed by atoms with Gasteiger partial charge in [0.05, 0.1) is 49.5 Å². The monoisotopic (exact) mass is 497 g/mol. The van der Waals surface area contributed by atoms with Crippen LogP contribution in [0.5, 0.6) is 17.4 Å². The smallest absolute Gasteiger partial charge is 0.227 e. The van der Waals surface area contributed by atoms with E-state index >= 15 is 0 Å². The van der Waals surface area contributed by atoms with Crippen molar-refractivity contribution in [3.63, 3.8) is 0 Å². The van der Waals surface area contributed by atoms with E-state index in [4.69, 9.17) is 24.0 Å². The van der Waals surface area contributed by atoms with Crippen LogP contribution >= 0.6 is 0 Å². The molecule has 3 aromatic rings. The molecule has 0 spiro atoms. The molecule has 1 aromatic heterocycles. The van der Waals surface area contributed by atoms with Gasteiger partial charge in [0.1, 0.15) is 0 Å². The molecule has 0 aliphatic heterocycles. The molecule has 0 fully saturated rings. The number of hydrogen-bond donors (Lipinski definition) is 1. The molecule has 2 aromatic carbocycles. The predicted octanol–water partition coefficient (Wildman–Crippen LogP) is 4.47. The van der Waals surface area contributed by atoms with E-state index < -0.39 is 6.10 Å². The SMILES string of the molecule is CCc1nn(-c2ccccc2)c(Oc2ccccc2OC)c1CN(CCOC)C[C@@H](O)COC(C)C. The van der Waals surface area contributed by atoms with Crippen molar-refractivity contribution in [1.82, 2.24) is 14.7 Å². The summed E-state index contributed by atoms with van der Waals surface area (Å²) in [7, 11) is 3.31. The van der Waals surface area contributed by atoms with Crippen molar-refractivity contribution in [2.75, 3.05) is 40.5 Å². The Balaban J connectivity index is 2.00. The van der Waals surface area contributed by atoms with E-state index in [-0.39, 0.29) is 12.7 Å². The fourth-order valence-corrected chi connectivity index (χ4v) is 3.91. The Hall–Kier alpha value is -2.91. The zero-order chi connectivity index (χ0) is 25.9. The van der Waals surface area contributed by atoms with E-state index in [9.17, 15) is 5.11 Å². The summed E-state index contributed by atoms with van der Waals surface area (Å²) < 4.78 is 24.9. The Morgan fingerprint density at radius 2 is 1.69 bits per heavy atom. The van der Waals surface area contributed by atoms with Gasteiger partial charge in [-0.3, -0.25) is 4.90 Å². The van der Waals surface area contributed by atoms with Gasteiger partial charge in [-0.15, -0.1) is 0 Å². The number of aryl methyl sites for hydroxylation is 1. The van der Waals surface area contributed by atoms with Crippen LogP contribution in [0.4, 0.5) is 0 Å². The number of ether oxygens (including phenoxy) is 4. The third kappa shape index (κ3) is 7.54. The van der Waals surface area contributed by atoms with Gasteiger partial charge in [-0.2, -0.15) is 5.10 Å². The van der Waals surface area contributed by atoms with E-state index in [0.717, 1.165) is 23.4 Å². The molecule has 196 valence electrons. The molecule has 1 atom stereocenters. The fourth-order valence-electron chi connectivity index (χ4n) is 3.91. The average molecular weight is 498 g/mol. The number of methoxy groups -OCH3 is 2. The highest BCUT2D eigenvalue weighted by Crippen LogP contribution is 2.36. The molecule has 8 nitrogen and oxygen atoms in total. The standard InChI is InChI=1S/C28H39N3O5/c1-6-25-24(19-30(16-17-33-4)18-23(32)20-35-21(2)3)28(31(29-25)22-12-8-7-9-13-22)36-27-15-11-10-14-26(27)34-5/h7-15,21,23,32H,6,16-20H2,1-5H3/t23-/m1/s1. The van der Waals surface area contributed by atoms with Crippen molar-refractivity contribution in [2.45, 2.75) is 45.9 Å². The van der Waals surface area contributed by atoms with Crippen LogP contribution < -0.4 is 9.47 Å². The van der Waals surface area contributed by atoms with Crippen LogP contribution in [0.15, 0.2) is 54.6 Å². The molecule has 0 radical (unpaired) electrons. The Morgan fingerprint density at radius 3 is 2.33 bits per heavy atom. The lowest BCUT2D eigenvalue weighted by Gasteiger charge is -2.25. The molecule has 0 aliphatic carbocycles. The molecule has 36 heavy (non-hydrogen) atoms. The van der Waals surface area contributed by atoms with Crippen molar-refractivity contribution in [3.05, 3.63) is 65.9 Å². The van der Waals surface area contributed by atoms with Crippen LogP contribution in [-0.4, -0.2) is 72.5 Å². The van der Waals surface area contributed by atoms with E-state index in [1.165, 1.54) is 0 Å². The van der Waals surface area contributed by atoms with Crippen LogP contribution in [0, 0.1) is 0 Å². The van der Waals surface area contributed by atoms with E-state index in [0.29, 0.717) is 43.6 Å². The second-order valence-electron chi connectivity index (χ2n) is 8.85. The van der Waals surface area contributed by atoms with Gasteiger partial charge in [0.2, 0.25) is 5.88 Å². The Bertz CT molecular complexity index is 1050. The fraction of sp³-hybridized carbons (Fsp3) is 0.464. The van der Waals surface area contributed by atoms with Crippen molar-refractivity contribution in [3.8, 4) is 23.1 Å². The maximum Gasteiger partial charge on any atom is 0.227 e. The second kappa shape index (κ2) is 14.0. The highest BCUT2D eigenvalue weighted by molar-refractivity contribution is 5.47. The maximum absolute atomic E-state index is 10.7. The van der Waals surface area contributed by atoms with Crippen LogP contribution in [0.1, 0.15) is 32.0 Å². The molecule has 0 amide bonds. The maximum atomic E-state index is 10.7. The Morgan fingerprint density at radius 1 is 1.00 bits per heavy atom. The number of benzene rings is 2. The van der Waals surface area contributed by atoms with Gasteiger partial charge in [0.25, 0.3) is 0 Å². The molecular formula is C28H39N3O5. The van der Waals surface area contributed by atoms with Crippen molar-refractivity contribution >= 4 is 0 Å². The van der Waals surface area contributed by atoms with Gasteiger partial charge in [-0.1, -0.05) is 37.3 Å². The van der Waals surface area contributed by atoms with Gasteiger partial charge in [-0.25, -0.2) is 4.68 Å². The molecule has 0 bridgehead atoms.